The number of carboxylic acids is 2. The Bertz CT molecular complexity index is 1130. The summed E-state index contributed by atoms with van der Waals surface area (Å²) in [5.74, 6) is -5.63. The number of para-hydroxylation sites is 1. The first kappa shape index (κ1) is 29.2. The first-order valence-electron chi connectivity index (χ1n) is 11.4. The van der Waals surface area contributed by atoms with E-state index in [4.69, 9.17) is 21.1 Å². The lowest BCUT2D eigenvalue weighted by Gasteiger charge is -2.26. The lowest BCUT2D eigenvalue weighted by atomic mass is 10.0. The van der Waals surface area contributed by atoms with Gasteiger partial charge >= 0.3 is 11.9 Å². The van der Waals surface area contributed by atoms with Gasteiger partial charge < -0.3 is 47.1 Å². The van der Waals surface area contributed by atoms with Crippen molar-refractivity contribution in [3.63, 3.8) is 0 Å². The number of carbonyl (C=O) groups excluding carboxylic acids is 3. The molecule has 1 aromatic carbocycles. The second-order valence-corrected chi connectivity index (χ2v) is 8.47. The molecule has 0 aliphatic heterocycles. The highest BCUT2D eigenvalue weighted by atomic mass is 16.4. The highest BCUT2D eigenvalue weighted by Crippen LogP contribution is 2.18. The molecule has 0 fully saturated rings. The molecule has 37 heavy (non-hydrogen) atoms. The smallest absolute Gasteiger partial charge is 0.328 e. The quantitative estimate of drug-likeness (QED) is 0.130. The third-order valence-electron chi connectivity index (χ3n) is 5.59. The van der Waals surface area contributed by atoms with Gasteiger partial charge in [0.15, 0.2) is 0 Å². The third kappa shape index (κ3) is 8.27. The summed E-state index contributed by atoms with van der Waals surface area (Å²) in [6.07, 6.45) is -0.547. The van der Waals surface area contributed by atoms with Gasteiger partial charge in [-0.05, 0) is 31.4 Å². The number of nitrogens with one attached hydrogen (secondary N) is 4. The minimum absolute atomic E-state index is 0.111. The van der Waals surface area contributed by atoms with Gasteiger partial charge in [0.25, 0.3) is 0 Å². The molecule has 0 aliphatic rings. The standard InChI is InChI=1S/C23H31N5O9/c1-11(30)19(22(35)27-17(10-29)23(36)37)28-21(34)16(6-7-18(31)32)26-20(33)14(24)8-12-9-25-15-5-3-2-4-13(12)15/h2-5,9,11,14,16-17,19,25,29-30H,6-8,10,24H2,1H3,(H,26,33)(H,27,35)(H,28,34)(H,31,32)(H,36,37). The fourth-order valence-electron chi connectivity index (χ4n) is 3.55. The van der Waals surface area contributed by atoms with E-state index in [-0.39, 0.29) is 12.8 Å². The topological polar surface area (TPSA) is 244 Å². The van der Waals surface area contributed by atoms with Crippen molar-refractivity contribution in [1.82, 2.24) is 20.9 Å². The zero-order valence-corrected chi connectivity index (χ0v) is 20.0. The molecule has 5 unspecified atom stereocenters. The van der Waals surface area contributed by atoms with Crippen LogP contribution in [0.4, 0.5) is 0 Å². The maximum Gasteiger partial charge on any atom is 0.328 e. The van der Waals surface area contributed by atoms with Crippen molar-refractivity contribution in [3.8, 4) is 0 Å². The zero-order valence-electron chi connectivity index (χ0n) is 20.0. The van der Waals surface area contributed by atoms with Crippen LogP contribution < -0.4 is 21.7 Å². The van der Waals surface area contributed by atoms with Gasteiger partial charge in [-0.15, -0.1) is 0 Å². The van der Waals surface area contributed by atoms with Gasteiger partial charge in [0.1, 0.15) is 18.1 Å². The predicted octanol–water partition coefficient (Wildman–Crippen LogP) is -2.19. The van der Waals surface area contributed by atoms with Crippen molar-refractivity contribution in [3.05, 3.63) is 36.0 Å². The normalized spacial score (nSPS) is 15.1. The maximum atomic E-state index is 12.9. The average Bonchev–Trinajstić information content (AvgIpc) is 3.25. The van der Waals surface area contributed by atoms with Crippen LogP contribution in [0.3, 0.4) is 0 Å². The van der Waals surface area contributed by atoms with E-state index >= 15 is 0 Å². The molecule has 1 heterocycles. The van der Waals surface area contributed by atoms with Crippen molar-refractivity contribution >= 4 is 40.6 Å². The second kappa shape index (κ2) is 13.3. The summed E-state index contributed by atoms with van der Waals surface area (Å²) < 4.78 is 0. The van der Waals surface area contributed by atoms with Crippen LogP contribution >= 0.6 is 0 Å². The molecule has 3 amide bonds. The number of aromatic amines is 1. The fraction of sp³-hybridized carbons (Fsp3) is 0.435. The second-order valence-electron chi connectivity index (χ2n) is 8.47. The van der Waals surface area contributed by atoms with E-state index in [0.717, 1.165) is 23.4 Å². The van der Waals surface area contributed by atoms with Gasteiger partial charge in [0, 0.05) is 23.5 Å². The Morgan fingerprint density at radius 3 is 2.22 bits per heavy atom. The molecule has 14 heteroatoms. The number of rotatable bonds is 14. The number of aromatic nitrogens is 1. The summed E-state index contributed by atoms with van der Waals surface area (Å²) in [5.41, 5.74) is 7.64. The molecule has 0 aliphatic carbocycles. The van der Waals surface area contributed by atoms with Crippen molar-refractivity contribution in [2.45, 2.75) is 56.5 Å². The van der Waals surface area contributed by atoms with E-state index in [1.807, 2.05) is 29.6 Å². The highest BCUT2D eigenvalue weighted by molar-refractivity contribution is 5.95. The molecule has 10 N–H and O–H groups in total. The third-order valence-corrected chi connectivity index (χ3v) is 5.59. The highest BCUT2D eigenvalue weighted by Gasteiger charge is 2.32. The number of aliphatic hydroxyl groups excluding tert-OH is 2. The monoisotopic (exact) mass is 521 g/mol. The van der Waals surface area contributed by atoms with E-state index in [1.165, 1.54) is 0 Å². The molecule has 5 atom stereocenters. The summed E-state index contributed by atoms with van der Waals surface area (Å²) in [6, 6.07) is 1.49. The molecule has 2 aromatic rings. The van der Waals surface area contributed by atoms with Gasteiger partial charge in [-0.3, -0.25) is 19.2 Å². The number of hydrogen-bond acceptors (Lipinski definition) is 8. The van der Waals surface area contributed by atoms with E-state index in [9.17, 15) is 29.1 Å². The molecule has 0 radical (unpaired) electrons. The molecule has 0 saturated heterocycles. The summed E-state index contributed by atoms with van der Waals surface area (Å²) in [6.45, 7) is 0.217. The predicted molar refractivity (Wildman–Crippen MR) is 129 cm³/mol. The summed E-state index contributed by atoms with van der Waals surface area (Å²) in [4.78, 5) is 63.3. The number of carboxylic acid groups (broad SMARTS) is 2. The number of hydrogen-bond donors (Lipinski definition) is 9. The van der Waals surface area contributed by atoms with Crippen LogP contribution in [0.1, 0.15) is 25.3 Å². The fourth-order valence-corrected chi connectivity index (χ4v) is 3.55. The lowest BCUT2D eigenvalue weighted by molar-refractivity contribution is -0.144. The number of aliphatic carboxylic acids is 2. The molecule has 0 spiro atoms. The minimum Gasteiger partial charge on any atom is -0.481 e. The van der Waals surface area contributed by atoms with Crippen LogP contribution in [0, 0.1) is 0 Å². The van der Waals surface area contributed by atoms with Gasteiger partial charge in [-0.1, -0.05) is 18.2 Å². The van der Waals surface area contributed by atoms with Crippen LogP contribution in [0.25, 0.3) is 10.9 Å². The number of aliphatic hydroxyl groups is 2. The van der Waals surface area contributed by atoms with Gasteiger partial charge in [0.2, 0.25) is 17.7 Å². The number of carbonyl (C=O) groups is 5. The van der Waals surface area contributed by atoms with E-state index in [2.05, 4.69) is 15.6 Å². The van der Waals surface area contributed by atoms with Crippen molar-refractivity contribution < 1.29 is 44.4 Å². The van der Waals surface area contributed by atoms with Crippen LogP contribution in [-0.2, 0) is 30.4 Å². The molecular weight excluding hydrogens is 490 g/mol. The number of H-pyrrole nitrogens is 1. The summed E-state index contributed by atoms with van der Waals surface area (Å²) in [7, 11) is 0. The largest absolute Gasteiger partial charge is 0.481 e. The molecule has 0 saturated carbocycles. The minimum atomic E-state index is -1.68. The Morgan fingerprint density at radius 1 is 0.973 bits per heavy atom. The van der Waals surface area contributed by atoms with Crippen LogP contribution in [-0.4, -0.2) is 91.9 Å². The average molecular weight is 522 g/mol. The molecule has 2 rings (SSSR count). The molecule has 0 bridgehead atoms. The SMILES string of the molecule is CC(O)C(NC(=O)C(CCC(=O)O)NC(=O)C(N)Cc1c[nH]c2ccccc12)C(=O)NC(CO)C(=O)O. The zero-order chi connectivity index (χ0) is 27.7. The number of fused-ring (bicyclic) bond motifs is 1. The Kier molecular flexibility index (Phi) is 10.5. The van der Waals surface area contributed by atoms with Crippen molar-refractivity contribution in [2.75, 3.05) is 6.61 Å². The Balaban J connectivity index is 2.12. The Hall–Kier alpha value is -4.01. The Labute approximate surface area is 211 Å². The molecular formula is C23H31N5O9. The Morgan fingerprint density at radius 2 is 1.62 bits per heavy atom. The van der Waals surface area contributed by atoms with E-state index in [1.54, 1.807) is 6.20 Å². The number of benzene rings is 1. The van der Waals surface area contributed by atoms with Gasteiger partial charge in [0.05, 0.1) is 18.8 Å². The molecule has 14 nitrogen and oxygen atoms in total. The first-order valence-corrected chi connectivity index (χ1v) is 11.4. The number of amides is 3. The van der Waals surface area contributed by atoms with Crippen LogP contribution in [0.2, 0.25) is 0 Å². The summed E-state index contributed by atoms with van der Waals surface area (Å²) >= 11 is 0. The van der Waals surface area contributed by atoms with Crippen LogP contribution in [0.15, 0.2) is 30.5 Å². The van der Waals surface area contributed by atoms with Crippen molar-refractivity contribution in [2.24, 2.45) is 5.73 Å². The maximum absolute atomic E-state index is 12.9. The van der Waals surface area contributed by atoms with Crippen molar-refractivity contribution in [1.29, 1.82) is 0 Å². The van der Waals surface area contributed by atoms with E-state index in [0.29, 0.717) is 0 Å². The van der Waals surface area contributed by atoms with Gasteiger partial charge in [-0.25, -0.2) is 4.79 Å². The van der Waals surface area contributed by atoms with Crippen LogP contribution in [0.5, 0.6) is 0 Å². The molecule has 1 aromatic heterocycles. The summed E-state index contributed by atoms with van der Waals surface area (Å²) in [5, 5.41) is 44.5. The molecule has 202 valence electrons. The van der Waals surface area contributed by atoms with Gasteiger partial charge in [-0.2, -0.15) is 0 Å². The van der Waals surface area contributed by atoms with E-state index < -0.39 is 73.0 Å². The lowest BCUT2D eigenvalue weighted by Crippen LogP contribution is -2.60. The number of nitrogens with two attached hydrogens (primary N) is 1. The first-order chi connectivity index (χ1) is 17.4.